The van der Waals surface area contributed by atoms with Crippen LogP contribution < -0.4 is 4.74 Å². The summed E-state index contributed by atoms with van der Waals surface area (Å²) in [5.41, 5.74) is 0. The third-order valence-electron chi connectivity index (χ3n) is 6.30. The number of ether oxygens (including phenoxy) is 3. The van der Waals surface area contributed by atoms with E-state index in [1.54, 1.807) is 12.1 Å². The van der Waals surface area contributed by atoms with Crippen molar-refractivity contribution in [1.29, 1.82) is 0 Å². The summed E-state index contributed by atoms with van der Waals surface area (Å²) < 4.78 is 44.1. The first kappa shape index (κ1) is 27.4. The first-order valence-corrected chi connectivity index (χ1v) is 13.8. The van der Waals surface area contributed by atoms with Crippen LogP contribution in [0.4, 0.5) is 0 Å². The topological polar surface area (TPSA) is 106 Å². The van der Waals surface area contributed by atoms with Crippen molar-refractivity contribution in [2.75, 3.05) is 46.5 Å². The molecule has 10 heteroatoms. The van der Waals surface area contributed by atoms with Gasteiger partial charge in [-0.25, -0.2) is 8.42 Å². The summed E-state index contributed by atoms with van der Waals surface area (Å²) in [6.45, 7) is 3.21. The molecule has 1 fully saturated rings. The van der Waals surface area contributed by atoms with Crippen LogP contribution in [0.5, 0.6) is 5.75 Å². The number of carbonyl (C=O) groups excluding carboxylic acids is 1. The van der Waals surface area contributed by atoms with Crippen LogP contribution in [0, 0.1) is 5.92 Å². The van der Waals surface area contributed by atoms with Crippen molar-refractivity contribution in [3.8, 4) is 5.75 Å². The van der Waals surface area contributed by atoms with E-state index in [4.69, 9.17) is 14.2 Å². The van der Waals surface area contributed by atoms with Crippen LogP contribution in [0.1, 0.15) is 45.4 Å². The van der Waals surface area contributed by atoms with Crippen LogP contribution in [0.3, 0.4) is 0 Å². The van der Waals surface area contributed by atoms with E-state index in [0.29, 0.717) is 17.9 Å². The lowest BCUT2D eigenvalue weighted by molar-refractivity contribution is -0.154. The Morgan fingerprint density at radius 3 is 2.40 bits per heavy atom. The van der Waals surface area contributed by atoms with E-state index in [1.165, 1.54) is 30.0 Å². The number of sulfonamides is 1. The largest absolute Gasteiger partial charge is 0.497 e. The fourth-order valence-corrected chi connectivity index (χ4v) is 5.75. The van der Waals surface area contributed by atoms with Crippen LogP contribution in [-0.2, 0) is 24.3 Å². The van der Waals surface area contributed by atoms with E-state index in [-0.39, 0.29) is 43.0 Å². The molecule has 0 bridgehead atoms. The third-order valence-corrected chi connectivity index (χ3v) is 8.22. The van der Waals surface area contributed by atoms with Crippen LogP contribution in [-0.4, -0.2) is 81.4 Å². The van der Waals surface area contributed by atoms with E-state index in [9.17, 15) is 18.3 Å². The summed E-state index contributed by atoms with van der Waals surface area (Å²) in [4.78, 5) is 15.0. The number of carbonyl (C=O) groups is 1. The molecule has 0 saturated carbocycles. The number of rotatable bonds is 10. The van der Waals surface area contributed by atoms with Gasteiger partial charge in [-0.3, -0.25) is 4.79 Å². The highest BCUT2D eigenvalue weighted by Gasteiger charge is 2.30. The molecule has 2 aliphatic heterocycles. The van der Waals surface area contributed by atoms with E-state index in [1.807, 2.05) is 17.9 Å². The summed E-state index contributed by atoms with van der Waals surface area (Å²) in [6.07, 6.45) is 7.27. The van der Waals surface area contributed by atoms with Crippen molar-refractivity contribution in [2.45, 2.75) is 56.6 Å². The van der Waals surface area contributed by atoms with Crippen molar-refractivity contribution >= 4 is 15.9 Å². The zero-order chi connectivity index (χ0) is 25.3. The molecule has 3 rings (SSSR count). The zero-order valence-corrected chi connectivity index (χ0v) is 21.5. The van der Waals surface area contributed by atoms with E-state index < -0.39 is 16.3 Å². The summed E-state index contributed by atoms with van der Waals surface area (Å²) in [5.74, 6) is 0.862. The minimum Gasteiger partial charge on any atom is -0.497 e. The van der Waals surface area contributed by atoms with E-state index in [0.717, 1.165) is 38.8 Å². The van der Waals surface area contributed by atoms with Gasteiger partial charge in [0.2, 0.25) is 16.3 Å². The molecule has 0 aromatic heterocycles. The van der Waals surface area contributed by atoms with Gasteiger partial charge in [-0.15, -0.1) is 0 Å². The average molecular weight is 511 g/mol. The molecule has 0 aliphatic carbocycles. The number of benzene rings is 1. The fourth-order valence-electron chi connectivity index (χ4n) is 4.34. The number of hydrogen-bond donors (Lipinski definition) is 1. The smallest absolute Gasteiger partial charge is 0.288 e. The van der Waals surface area contributed by atoms with Crippen LogP contribution in [0.2, 0.25) is 0 Å². The SMILES string of the molecule is COc1ccc(S(=O)(=O)N(CCO)CCO[C@@H]2C[C@H](C)C=C(C(=O)N3CCCCCCC3)O2)cc1. The second-order valence-electron chi connectivity index (χ2n) is 9.03. The summed E-state index contributed by atoms with van der Waals surface area (Å²) >= 11 is 0. The standard InChI is InChI=1S/C25H38N2O7S/c1-20-18-23(25(29)26-12-6-4-3-5-7-13-26)34-24(19-20)33-17-15-27(14-16-28)35(30,31)22-10-8-21(32-2)9-11-22/h8-11,18,20,24,28H,3-7,12-17,19H2,1-2H3/t20-,24+/m1/s1. The minimum atomic E-state index is -3.82. The van der Waals surface area contributed by atoms with Crippen molar-refractivity contribution < 1.29 is 32.5 Å². The summed E-state index contributed by atoms with van der Waals surface area (Å²) in [7, 11) is -2.31. The van der Waals surface area contributed by atoms with Crippen molar-refractivity contribution in [3.05, 3.63) is 36.1 Å². The Kier molecular flexibility index (Phi) is 10.4. The molecule has 0 radical (unpaired) electrons. The van der Waals surface area contributed by atoms with Gasteiger partial charge in [0.15, 0.2) is 5.76 Å². The van der Waals surface area contributed by atoms with Gasteiger partial charge in [0.1, 0.15) is 5.75 Å². The Bertz CT molecular complexity index is 941. The second-order valence-corrected chi connectivity index (χ2v) is 11.0. The van der Waals surface area contributed by atoms with Gasteiger partial charge in [-0.05, 0) is 49.1 Å². The summed E-state index contributed by atoms with van der Waals surface area (Å²) in [5, 5.41) is 9.43. The molecule has 196 valence electrons. The zero-order valence-electron chi connectivity index (χ0n) is 20.7. The van der Waals surface area contributed by atoms with Gasteiger partial charge in [-0.1, -0.05) is 26.2 Å². The maximum Gasteiger partial charge on any atom is 0.288 e. The van der Waals surface area contributed by atoms with E-state index in [2.05, 4.69) is 0 Å². The molecule has 1 saturated heterocycles. The molecular weight excluding hydrogens is 472 g/mol. The van der Waals surface area contributed by atoms with Crippen molar-refractivity contribution in [3.63, 3.8) is 0 Å². The highest BCUT2D eigenvalue weighted by Crippen LogP contribution is 2.25. The maximum absolute atomic E-state index is 13.1. The predicted octanol–water partition coefficient (Wildman–Crippen LogP) is 2.75. The number of aliphatic hydroxyl groups is 1. The van der Waals surface area contributed by atoms with Crippen LogP contribution >= 0.6 is 0 Å². The van der Waals surface area contributed by atoms with Gasteiger partial charge in [-0.2, -0.15) is 4.31 Å². The van der Waals surface area contributed by atoms with Gasteiger partial charge in [0.25, 0.3) is 5.91 Å². The number of methoxy groups -OCH3 is 1. The quantitative estimate of drug-likeness (QED) is 0.516. The molecule has 0 spiro atoms. The minimum absolute atomic E-state index is 0.0439. The van der Waals surface area contributed by atoms with Crippen molar-refractivity contribution in [1.82, 2.24) is 9.21 Å². The Labute approximate surface area is 208 Å². The normalized spacial score (nSPS) is 21.6. The lowest BCUT2D eigenvalue weighted by atomic mass is 10.0. The first-order chi connectivity index (χ1) is 16.8. The molecule has 1 N–H and O–H groups in total. The van der Waals surface area contributed by atoms with Gasteiger partial charge < -0.3 is 24.2 Å². The highest BCUT2D eigenvalue weighted by molar-refractivity contribution is 7.89. The molecule has 9 nitrogen and oxygen atoms in total. The number of likely N-dealkylation sites (tertiary alicyclic amines) is 1. The predicted molar refractivity (Wildman–Crippen MR) is 131 cm³/mol. The molecule has 0 unspecified atom stereocenters. The molecule has 35 heavy (non-hydrogen) atoms. The van der Waals surface area contributed by atoms with Crippen LogP contribution in [0.15, 0.2) is 41.0 Å². The highest BCUT2D eigenvalue weighted by atomic mass is 32.2. The monoisotopic (exact) mass is 510 g/mol. The average Bonchev–Trinajstić information content (AvgIpc) is 2.82. The molecule has 2 atom stereocenters. The van der Waals surface area contributed by atoms with Crippen molar-refractivity contribution in [2.24, 2.45) is 5.92 Å². The first-order valence-electron chi connectivity index (χ1n) is 12.4. The number of nitrogens with zero attached hydrogens (tertiary/aromatic N) is 2. The maximum atomic E-state index is 13.1. The molecule has 2 aliphatic rings. The Hall–Kier alpha value is -2.14. The second kappa shape index (κ2) is 13.2. The third kappa shape index (κ3) is 7.67. The number of allylic oxidation sites excluding steroid dienone is 1. The molecule has 2 heterocycles. The summed E-state index contributed by atoms with van der Waals surface area (Å²) in [6, 6.07) is 6.10. The number of amides is 1. The van der Waals surface area contributed by atoms with Gasteiger partial charge in [0, 0.05) is 32.6 Å². The molecule has 1 aromatic carbocycles. The number of aliphatic hydroxyl groups excluding tert-OH is 1. The Morgan fingerprint density at radius 2 is 1.77 bits per heavy atom. The number of hydrogen-bond acceptors (Lipinski definition) is 7. The lowest BCUT2D eigenvalue weighted by Gasteiger charge is -2.31. The van der Waals surface area contributed by atoms with Gasteiger partial charge >= 0.3 is 0 Å². The molecule has 1 amide bonds. The Balaban J connectivity index is 1.58. The van der Waals surface area contributed by atoms with E-state index >= 15 is 0 Å². The fraction of sp³-hybridized carbons (Fsp3) is 0.640. The Morgan fingerprint density at radius 1 is 1.11 bits per heavy atom. The molecular formula is C25H38N2O7S. The van der Waals surface area contributed by atoms with Gasteiger partial charge in [0.05, 0.1) is 25.2 Å². The molecule has 1 aromatic rings. The lowest BCUT2D eigenvalue weighted by Crippen LogP contribution is -2.39. The van der Waals surface area contributed by atoms with Crippen LogP contribution in [0.25, 0.3) is 0 Å².